The number of aliphatic hydroxyl groups excluding tert-OH is 1. The second-order valence-electron chi connectivity index (χ2n) is 4.43. The second-order valence-corrected chi connectivity index (χ2v) is 4.43. The molecule has 1 aliphatic heterocycles. The van der Waals surface area contributed by atoms with E-state index in [-0.39, 0.29) is 12.6 Å². The molecule has 1 N–H and O–H groups in total. The summed E-state index contributed by atoms with van der Waals surface area (Å²) in [6, 6.07) is 0.233. The van der Waals surface area contributed by atoms with E-state index in [0.717, 1.165) is 19.4 Å². The lowest BCUT2D eigenvalue weighted by Gasteiger charge is -2.23. The molecule has 1 aliphatic rings. The largest absolute Gasteiger partial charge is 0.424 e. The number of aromatic nitrogens is 2. The van der Waals surface area contributed by atoms with E-state index >= 15 is 0 Å². The van der Waals surface area contributed by atoms with Gasteiger partial charge in [-0.25, -0.2) is 0 Å². The lowest BCUT2D eigenvalue weighted by Crippen LogP contribution is -2.34. The van der Waals surface area contributed by atoms with Crippen LogP contribution in [0.2, 0.25) is 0 Å². The summed E-state index contributed by atoms with van der Waals surface area (Å²) >= 11 is 0. The fourth-order valence-electron chi connectivity index (χ4n) is 2.25. The molecule has 2 unspecified atom stereocenters. The first-order valence-electron chi connectivity index (χ1n) is 5.90. The van der Waals surface area contributed by atoms with Crippen molar-refractivity contribution in [3.63, 3.8) is 0 Å². The van der Waals surface area contributed by atoms with E-state index < -0.39 is 0 Å². The maximum absolute atomic E-state index is 9.33. The molecule has 0 bridgehead atoms. The Labute approximate surface area is 95.5 Å². The van der Waals surface area contributed by atoms with E-state index in [1.54, 1.807) is 0 Å². The predicted molar refractivity (Wildman–Crippen MR) is 58.7 cm³/mol. The Bertz CT molecular complexity index is 340. The van der Waals surface area contributed by atoms with Gasteiger partial charge in [-0.15, -0.1) is 10.2 Å². The van der Waals surface area contributed by atoms with E-state index in [1.165, 1.54) is 0 Å². The molecule has 0 aliphatic carbocycles. The van der Waals surface area contributed by atoms with Crippen LogP contribution in [0.3, 0.4) is 0 Å². The molecule has 1 saturated heterocycles. The van der Waals surface area contributed by atoms with Crippen molar-refractivity contribution in [3.8, 4) is 0 Å². The molecule has 2 atom stereocenters. The quantitative estimate of drug-likeness (QED) is 0.822. The first-order valence-corrected chi connectivity index (χ1v) is 5.90. The van der Waals surface area contributed by atoms with Gasteiger partial charge in [0, 0.05) is 12.5 Å². The summed E-state index contributed by atoms with van der Waals surface area (Å²) < 4.78 is 5.48. The Kier molecular flexibility index (Phi) is 3.56. The molecule has 1 aromatic heterocycles. The van der Waals surface area contributed by atoms with Crippen LogP contribution in [0.15, 0.2) is 4.42 Å². The summed E-state index contributed by atoms with van der Waals surface area (Å²) in [7, 11) is 0. The van der Waals surface area contributed by atoms with Crippen LogP contribution >= 0.6 is 0 Å². The van der Waals surface area contributed by atoms with E-state index in [9.17, 15) is 5.11 Å². The van der Waals surface area contributed by atoms with Gasteiger partial charge in [-0.05, 0) is 18.9 Å². The maximum Gasteiger partial charge on any atom is 0.230 e. The van der Waals surface area contributed by atoms with Crippen LogP contribution in [-0.2, 0) is 13.0 Å². The van der Waals surface area contributed by atoms with E-state index in [0.29, 0.717) is 24.2 Å². The molecular formula is C11H19N3O2. The number of aliphatic hydroxyl groups is 1. The van der Waals surface area contributed by atoms with E-state index in [4.69, 9.17) is 4.42 Å². The van der Waals surface area contributed by atoms with Crippen LogP contribution in [0.4, 0.5) is 0 Å². The SMILES string of the molecule is CCc1nnc(CN2CCC(C)C2CO)o1. The van der Waals surface area contributed by atoms with Crippen molar-refractivity contribution in [2.24, 2.45) is 5.92 Å². The van der Waals surface area contributed by atoms with Crippen molar-refractivity contribution in [1.29, 1.82) is 0 Å². The van der Waals surface area contributed by atoms with Crippen molar-refractivity contribution in [1.82, 2.24) is 15.1 Å². The zero-order valence-electron chi connectivity index (χ0n) is 9.89. The standard InChI is InChI=1S/C11H19N3O2/c1-3-10-12-13-11(16-10)6-14-5-4-8(2)9(14)7-15/h8-9,15H,3-7H2,1-2H3. The first kappa shape index (κ1) is 11.5. The van der Waals surface area contributed by atoms with Gasteiger partial charge in [0.1, 0.15) is 0 Å². The highest BCUT2D eigenvalue weighted by molar-refractivity contribution is 4.88. The van der Waals surface area contributed by atoms with E-state index in [2.05, 4.69) is 22.0 Å². The Hall–Kier alpha value is -0.940. The molecule has 5 nitrogen and oxygen atoms in total. The molecule has 0 radical (unpaired) electrons. The fraction of sp³-hybridized carbons (Fsp3) is 0.818. The molecule has 0 saturated carbocycles. The summed E-state index contributed by atoms with van der Waals surface area (Å²) in [4.78, 5) is 2.22. The Morgan fingerprint density at radius 3 is 2.81 bits per heavy atom. The molecule has 0 spiro atoms. The molecule has 5 heteroatoms. The predicted octanol–water partition coefficient (Wildman–Crippen LogP) is 0.835. The zero-order chi connectivity index (χ0) is 11.5. The maximum atomic E-state index is 9.33. The first-order chi connectivity index (χ1) is 7.74. The Morgan fingerprint density at radius 2 is 2.19 bits per heavy atom. The molecule has 1 fully saturated rings. The van der Waals surface area contributed by atoms with Gasteiger partial charge in [-0.2, -0.15) is 0 Å². The number of nitrogens with zero attached hydrogens (tertiary/aromatic N) is 3. The van der Waals surface area contributed by atoms with Crippen molar-refractivity contribution in [2.45, 2.75) is 39.3 Å². The van der Waals surface area contributed by atoms with Gasteiger partial charge in [-0.1, -0.05) is 13.8 Å². The average molecular weight is 225 g/mol. The van der Waals surface area contributed by atoms with Crippen LogP contribution in [0.25, 0.3) is 0 Å². The van der Waals surface area contributed by atoms with E-state index in [1.807, 2.05) is 6.92 Å². The van der Waals surface area contributed by atoms with Crippen LogP contribution < -0.4 is 0 Å². The topological polar surface area (TPSA) is 62.4 Å². The van der Waals surface area contributed by atoms with Crippen molar-refractivity contribution < 1.29 is 9.52 Å². The minimum absolute atomic E-state index is 0.204. The Balaban J connectivity index is 1.98. The van der Waals surface area contributed by atoms with Crippen LogP contribution in [0.1, 0.15) is 32.0 Å². The molecule has 0 amide bonds. The number of hydrogen-bond donors (Lipinski definition) is 1. The van der Waals surface area contributed by atoms with Gasteiger partial charge in [0.05, 0.1) is 13.2 Å². The van der Waals surface area contributed by atoms with Crippen molar-refractivity contribution >= 4 is 0 Å². The van der Waals surface area contributed by atoms with Gasteiger partial charge in [-0.3, -0.25) is 4.90 Å². The summed E-state index contributed by atoms with van der Waals surface area (Å²) in [6.07, 6.45) is 1.90. The third-order valence-electron chi connectivity index (χ3n) is 3.33. The van der Waals surface area contributed by atoms with Gasteiger partial charge >= 0.3 is 0 Å². The second kappa shape index (κ2) is 4.93. The lowest BCUT2D eigenvalue weighted by molar-refractivity contribution is 0.126. The van der Waals surface area contributed by atoms with Crippen LogP contribution in [0.5, 0.6) is 0 Å². The highest BCUT2D eigenvalue weighted by Gasteiger charge is 2.31. The van der Waals surface area contributed by atoms with Crippen LogP contribution in [0, 0.1) is 5.92 Å². The van der Waals surface area contributed by atoms with Crippen molar-refractivity contribution in [3.05, 3.63) is 11.8 Å². The lowest BCUT2D eigenvalue weighted by atomic mass is 10.0. The minimum Gasteiger partial charge on any atom is -0.424 e. The molecule has 16 heavy (non-hydrogen) atoms. The number of likely N-dealkylation sites (tertiary alicyclic amines) is 1. The number of aryl methyl sites for hydroxylation is 1. The molecule has 90 valence electrons. The molecular weight excluding hydrogens is 206 g/mol. The highest BCUT2D eigenvalue weighted by Crippen LogP contribution is 2.24. The number of hydrogen-bond acceptors (Lipinski definition) is 5. The smallest absolute Gasteiger partial charge is 0.230 e. The van der Waals surface area contributed by atoms with Crippen molar-refractivity contribution in [2.75, 3.05) is 13.2 Å². The normalized spacial score (nSPS) is 26.4. The van der Waals surface area contributed by atoms with Gasteiger partial charge in [0.25, 0.3) is 0 Å². The summed E-state index contributed by atoms with van der Waals surface area (Å²) in [6.45, 7) is 6.02. The van der Waals surface area contributed by atoms with Gasteiger partial charge in [0.2, 0.25) is 11.8 Å². The van der Waals surface area contributed by atoms with Gasteiger partial charge in [0.15, 0.2) is 0 Å². The highest BCUT2D eigenvalue weighted by atomic mass is 16.4. The molecule has 2 heterocycles. The summed E-state index contributed by atoms with van der Waals surface area (Å²) in [5.74, 6) is 1.88. The average Bonchev–Trinajstić information content (AvgIpc) is 2.86. The minimum atomic E-state index is 0.204. The van der Waals surface area contributed by atoms with Crippen LogP contribution in [-0.4, -0.2) is 39.4 Å². The molecule has 0 aromatic carbocycles. The molecule has 2 rings (SSSR count). The summed E-state index contributed by atoms with van der Waals surface area (Å²) in [5.41, 5.74) is 0. The third-order valence-corrected chi connectivity index (χ3v) is 3.33. The van der Waals surface area contributed by atoms with Gasteiger partial charge < -0.3 is 9.52 Å². The fourth-order valence-corrected chi connectivity index (χ4v) is 2.25. The third kappa shape index (κ3) is 2.25. The Morgan fingerprint density at radius 1 is 1.44 bits per heavy atom. The molecule has 1 aromatic rings. The summed E-state index contributed by atoms with van der Waals surface area (Å²) in [5, 5.41) is 17.3. The zero-order valence-corrected chi connectivity index (χ0v) is 9.89. The monoisotopic (exact) mass is 225 g/mol. The number of rotatable bonds is 4.